The third kappa shape index (κ3) is 1.86. The van der Waals surface area contributed by atoms with Crippen molar-refractivity contribution in [2.24, 2.45) is 0 Å². The molecule has 0 unspecified atom stereocenters. The van der Waals surface area contributed by atoms with E-state index < -0.39 is 4.92 Å². The molecule has 90 valence electrons. The summed E-state index contributed by atoms with van der Waals surface area (Å²) in [6, 6.07) is 1.82. The minimum atomic E-state index is -0.525. The Morgan fingerprint density at radius 1 is 1.59 bits per heavy atom. The zero-order chi connectivity index (χ0) is 12.6. The molecule has 0 radical (unpaired) electrons. The molecule has 0 bridgehead atoms. The quantitative estimate of drug-likeness (QED) is 0.644. The van der Waals surface area contributed by atoms with Gasteiger partial charge in [0.15, 0.2) is 0 Å². The van der Waals surface area contributed by atoms with Gasteiger partial charge in [-0.3, -0.25) is 10.1 Å². The summed E-state index contributed by atoms with van der Waals surface area (Å²) >= 11 is 0. The van der Waals surface area contributed by atoms with Gasteiger partial charge in [-0.2, -0.15) is 5.10 Å². The van der Waals surface area contributed by atoms with Crippen LogP contribution in [0, 0.1) is 24.0 Å². The number of hydrogen-bond donors (Lipinski definition) is 1. The zero-order valence-corrected chi connectivity index (χ0v) is 9.51. The molecule has 7 nitrogen and oxygen atoms in total. The Kier molecular flexibility index (Phi) is 2.58. The monoisotopic (exact) mass is 236 g/mol. The third-order valence-electron chi connectivity index (χ3n) is 2.58. The van der Waals surface area contributed by atoms with Gasteiger partial charge in [0.25, 0.3) is 0 Å². The standard InChI is InChI=1S/C10H12N4O3/c1-6-3-4-17-8(6)5-13-10(11)9(14(15)16)7(2)12-13/h3-4H,5,11H2,1-2H3. The molecule has 2 rings (SSSR count). The molecular weight excluding hydrogens is 224 g/mol. The van der Waals surface area contributed by atoms with Crippen LogP contribution in [0.15, 0.2) is 16.7 Å². The lowest BCUT2D eigenvalue weighted by Crippen LogP contribution is -2.06. The minimum Gasteiger partial charge on any atom is -0.467 e. The molecule has 7 heteroatoms. The molecule has 0 atom stereocenters. The molecule has 0 aliphatic heterocycles. The highest BCUT2D eigenvalue weighted by molar-refractivity contribution is 5.56. The summed E-state index contributed by atoms with van der Waals surface area (Å²) in [6.45, 7) is 3.74. The number of nitrogens with zero attached hydrogens (tertiary/aromatic N) is 3. The van der Waals surface area contributed by atoms with Crippen LogP contribution in [-0.4, -0.2) is 14.7 Å². The van der Waals surface area contributed by atoms with Crippen molar-refractivity contribution < 1.29 is 9.34 Å². The van der Waals surface area contributed by atoms with Crippen molar-refractivity contribution in [3.8, 4) is 0 Å². The van der Waals surface area contributed by atoms with Crippen molar-refractivity contribution >= 4 is 11.5 Å². The zero-order valence-electron chi connectivity index (χ0n) is 9.51. The Labute approximate surface area is 97.0 Å². The summed E-state index contributed by atoms with van der Waals surface area (Å²) in [7, 11) is 0. The number of anilines is 1. The maximum absolute atomic E-state index is 10.8. The van der Waals surface area contributed by atoms with Crippen molar-refractivity contribution in [3.63, 3.8) is 0 Å². The number of nitrogen functional groups attached to an aromatic ring is 1. The first-order chi connectivity index (χ1) is 8.00. The number of aryl methyl sites for hydroxylation is 2. The average molecular weight is 236 g/mol. The van der Waals surface area contributed by atoms with Crippen molar-refractivity contribution in [1.29, 1.82) is 0 Å². The lowest BCUT2D eigenvalue weighted by Gasteiger charge is -2.01. The second kappa shape index (κ2) is 3.93. The van der Waals surface area contributed by atoms with Crippen LogP contribution in [-0.2, 0) is 6.54 Å². The Balaban J connectivity index is 2.38. The van der Waals surface area contributed by atoms with Gasteiger partial charge < -0.3 is 10.2 Å². The van der Waals surface area contributed by atoms with E-state index >= 15 is 0 Å². The van der Waals surface area contributed by atoms with Crippen molar-refractivity contribution in [2.45, 2.75) is 20.4 Å². The van der Waals surface area contributed by atoms with Crippen LogP contribution in [0.3, 0.4) is 0 Å². The fraction of sp³-hybridized carbons (Fsp3) is 0.300. The molecule has 0 aliphatic carbocycles. The van der Waals surface area contributed by atoms with Crippen LogP contribution in [0.1, 0.15) is 17.0 Å². The van der Waals surface area contributed by atoms with E-state index in [0.29, 0.717) is 18.0 Å². The predicted molar refractivity (Wildman–Crippen MR) is 60.6 cm³/mol. The van der Waals surface area contributed by atoms with Crippen molar-refractivity contribution in [1.82, 2.24) is 9.78 Å². The number of nitrogens with two attached hydrogens (primary N) is 1. The van der Waals surface area contributed by atoms with Gasteiger partial charge in [0.05, 0.1) is 11.2 Å². The van der Waals surface area contributed by atoms with Crippen molar-refractivity contribution in [2.75, 3.05) is 5.73 Å². The average Bonchev–Trinajstić information content (AvgIpc) is 2.73. The summed E-state index contributed by atoms with van der Waals surface area (Å²) in [5, 5.41) is 14.8. The highest BCUT2D eigenvalue weighted by atomic mass is 16.6. The van der Waals surface area contributed by atoms with Gasteiger partial charge >= 0.3 is 5.69 Å². The smallest absolute Gasteiger partial charge is 0.333 e. The fourth-order valence-electron chi connectivity index (χ4n) is 1.64. The first-order valence-electron chi connectivity index (χ1n) is 5.01. The SMILES string of the molecule is Cc1ccoc1Cn1nc(C)c([N+](=O)[O-])c1N. The molecule has 2 aromatic heterocycles. The van der Waals surface area contributed by atoms with Gasteiger partial charge in [-0.1, -0.05) is 0 Å². The number of furan rings is 1. The minimum absolute atomic E-state index is 0.0447. The topological polar surface area (TPSA) is 100 Å². The number of hydrogen-bond acceptors (Lipinski definition) is 5. The molecule has 17 heavy (non-hydrogen) atoms. The number of nitro groups is 1. The first-order valence-corrected chi connectivity index (χ1v) is 5.01. The Bertz CT molecular complexity index is 570. The van der Waals surface area contributed by atoms with Crippen LogP contribution in [0.25, 0.3) is 0 Å². The van der Waals surface area contributed by atoms with Gasteiger partial charge in [-0.25, -0.2) is 4.68 Å². The maximum atomic E-state index is 10.8. The molecule has 2 aromatic rings. The summed E-state index contributed by atoms with van der Waals surface area (Å²) in [4.78, 5) is 10.2. The number of rotatable bonds is 3. The molecule has 0 saturated heterocycles. The summed E-state index contributed by atoms with van der Waals surface area (Å²) in [6.07, 6.45) is 1.56. The lowest BCUT2D eigenvalue weighted by molar-refractivity contribution is -0.384. The van der Waals surface area contributed by atoms with Gasteiger partial charge in [0.1, 0.15) is 18.0 Å². The largest absolute Gasteiger partial charge is 0.467 e. The van der Waals surface area contributed by atoms with E-state index in [0.717, 1.165) is 5.56 Å². The molecule has 2 N–H and O–H groups in total. The molecule has 0 aromatic carbocycles. The van der Waals surface area contributed by atoms with Gasteiger partial charge in [0.2, 0.25) is 5.82 Å². The summed E-state index contributed by atoms with van der Waals surface area (Å²) in [5.41, 5.74) is 6.81. The van der Waals surface area contributed by atoms with E-state index in [9.17, 15) is 10.1 Å². The maximum Gasteiger partial charge on any atom is 0.333 e. The van der Waals surface area contributed by atoms with E-state index in [1.54, 1.807) is 13.2 Å². The van der Waals surface area contributed by atoms with Crippen LogP contribution in [0.2, 0.25) is 0 Å². The Morgan fingerprint density at radius 3 is 2.76 bits per heavy atom. The summed E-state index contributed by atoms with van der Waals surface area (Å²) < 4.78 is 6.62. The van der Waals surface area contributed by atoms with E-state index in [1.165, 1.54) is 4.68 Å². The third-order valence-corrected chi connectivity index (χ3v) is 2.58. The second-order valence-corrected chi connectivity index (χ2v) is 3.76. The molecule has 0 aliphatic rings. The predicted octanol–water partition coefficient (Wildman–Crippen LogP) is 1.63. The first kappa shape index (κ1) is 11.2. The Morgan fingerprint density at radius 2 is 2.29 bits per heavy atom. The van der Waals surface area contributed by atoms with Crippen molar-refractivity contribution in [3.05, 3.63) is 39.5 Å². The molecule has 0 fully saturated rings. The molecule has 0 saturated carbocycles. The van der Waals surface area contributed by atoms with Gasteiger partial charge in [0, 0.05) is 0 Å². The van der Waals surface area contributed by atoms with E-state index in [2.05, 4.69) is 5.10 Å². The van der Waals surface area contributed by atoms with E-state index in [1.807, 2.05) is 13.0 Å². The second-order valence-electron chi connectivity index (χ2n) is 3.76. The lowest BCUT2D eigenvalue weighted by atomic mass is 10.3. The van der Waals surface area contributed by atoms with Crippen LogP contribution >= 0.6 is 0 Å². The highest BCUT2D eigenvalue weighted by Gasteiger charge is 2.23. The molecular formula is C10H12N4O3. The van der Waals surface area contributed by atoms with E-state index in [-0.39, 0.29) is 11.5 Å². The number of aromatic nitrogens is 2. The van der Waals surface area contributed by atoms with E-state index in [4.69, 9.17) is 10.2 Å². The fourth-order valence-corrected chi connectivity index (χ4v) is 1.64. The van der Waals surface area contributed by atoms with Gasteiger partial charge in [-0.05, 0) is 25.5 Å². The van der Waals surface area contributed by atoms with Crippen LogP contribution < -0.4 is 5.73 Å². The molecule has 0 spiro atoms. The Hall–Kier alpha value is -2.31. The normalized spacial score (nSPS) is 10.7. The van der Waals surface area contributed by atoms with Gasteiger partial charge in [-0.15, -0.1) is 0 Å². The van der Waals surface area contributed by atoms with Crippen LogP contribution in [0.4, 0.5) is 11.5 Å². The van der Waals surface area contributed by atoms with Crippen LogP contribution in [0.5, 0.6) is 0 Å². The molecule has 0 amide bonds. The summed E-state index contributed by atoms with van der Waals surface area (Å²) in [5.74, 6) is 0.734. The molecule has 2 heterocycles. The highest BCUT2D eigenvalue weighted by Crippen LogP contribution is 2.26.